The molecule has 2 rings (SSSR count). The molecule has 1 heterocycles. The number of carbonyl (C=O) groups is 2. The number of hydrogen-bond donors (Lipinski definition) is 2. The Hall–Kier alpha value is -1.88. The molecule has 1 aromatic rings. The van der Waals surface area contributed by atoms with Crippen molar-refractivity contribution in [3.8, 4) is 0 Å². The third kappa shape index (κ3) is 9.57. The Morgan fingerprint density at radius 2 is 1.67 bits per heavy atom. The molecule has 0 atom stereocenters. The zero-order chi connectivity index (χ0) is 20.5. The lowest BCUT2D eigenvalue weighted by molar-refractivity contribution is -0.138. The SMILES string of the molecule is CC(C)(C)OC=O.CC(C)(C)c1ccc(C(=O)NCC2CCNCC2)cc1. The van der Waals surface area contributed by atoms with Crippen molar-refractivity contribution >= 4 is 12.4 Å². The van der Waals surface area contributed by atoms with Gasteiger partial charge in [0.15, 0.2) is 0 Å². The summed E-state index contributed by atoms with van der Waals surface area (Å²) in [6.45, 7) is 15.4. The number of ether oxygens (including phenoxy) is 1. The maximum absolute atomic E-state index is 12.1. The fraction of sp³-hybridized carbons (Fsp3) is 0.636. The van der Waals surface area contributed by atoms with Gasteiger partial charge in [-0.3, -0.25) is 9.59 Å². The van der Waals surface area contributed by atoms with E-state index in [-0.39, 0.29) is 16.9 Å². The predicted molar refractivity (Wildman–Crippen MR) is 110 cm³/mol. The van der Waals surface area contributed by atoms with Gasteiger partial charge in [0.1, 0.15) is 5.60 Å². The summed E-state index contributed by atoms with van der Waals surface area (Å²) in [5.74, 6) is 0.665. The lowest BCUT2D eigenvalue weighted by Gasteiger charge is -2.23. The number of piperidine rings is 1. The highest BCUT2D eigenvalue weighted by Crippen LogP contribution is 2.22. The molecule has 5 heteroatoms. The summed E-state index contributed by atoms with van der Waals surface area (Å²) in [4.78, 5) is 21.7. The van der Waals surface area contributed by atoms with Gasteiger partial charge >= 0.3 is 0 Å². The summed E-state index contributed by atoms with van der Waals surface area (Å²) in [7, 11) is 0. The number of carbonyl (C=O) groups excluding carboxylic acids is 2. The summed E-state index contributed by atoms with van der Waals surface area (Å²) in [5, 5.41) is 6.40. The minimum absolute atomic E-state index is 0.0454. The molecule has 1 saturated heterocycles. The van der Waals surface area contributed by atoms with E-state index in [1.807, 2.05) is 32.9 Å². The van der Waals surface area contributed by atoms with Crippen molar-refractivity contribution in [3.05, 3.63) is 35.4 Å². The molecule has 27 heavy (non-hydrogen) atoms. The largest absolute Gasteiger partial charge is 0.462 e. The van der Waals surface area contributed by atoms with Crippen LogP contribution in [0.3, 0.4) is 0 Å². The molecule has 0 saturated carbocycles. The molecule has 5 nitrogen and oxygen atoms in total. The number of hydrogen-bond acceptors (Lipinski definition) is 4. The highest BCUT2D eigenvalue weighted by Gasteiger charge is 2.16. The predicted octanol–water partition coefficient (Wildman–Crippen LogP) is 3.67. The molecule has 0 unspecified atom stereocenters. The van der Waals surface area contributed by atoms with Gasteiger partial charge in [0.05, 0.1) is 0 Å². The van der Waals surface area contributed by atoms with Crippen LogP contribution in [-0.2, 0) is 14.9 Å². The van der Waals surface area contributed by atoms with E-state index in [0.717, 1.165) is 38.0 Å². The van der Waals surface area contributed by atoms with Gasteiger partial charge in [-0.05, 0) is 75.7 Å². The Morgan fingerprint density at radius 3 is 2.07 bits per heavy atom. The molecular weight excluding hydrogens is 340 g/mol. The molecule has 0 radical (unpaired) electrons. The first-order chi connectivity index (χ1) is 12.5. The van der Waals surface area contributed by atoms with Gasteiger partial charge in [-0.15, -0.1) is 0 Å². The Bertz CT molecular complexity index is 577. The lowest BCUT2D eigenvalue weighted by Crippen LogP contribution is -2.35. The number of nitrogens with one attached hydrogen (secondary N) is 2. The van der Waals surface area contributed by atoms with E-state index in [9.17, 15) is 9.59 Å². The topological polar surface area (TPSA) is 67.4 Å². The third-order valence-corrected chi connectivity index (χ3v) is 4.42. The Balaban J connectivity index is 0.000000445. The van der Waals surface area contributed by atoms with Gasteiger partial charge in [0.25, 0.3) is 12.4 Å². The third-order valence-electron chi connectivity index (χ3n) is 4.42. The fourth-order valence-corrected chi connectivity index (χ4v) is 2.69. The van der Waals surface area contributed by atoms with Crippen LogP contribution >= 0.6 is 0 Å². The van der Waals surface area contributed by atoms with Crippen LogP contribution in [0.1, 0.15) is 70.3 Å². The van der Waals surface area contributed by atoms with Crippen LogP contribution in [0.15, 0.2) is 24.3 Å². The van der Waals surface area contributed by atoms with Crippen LogP contribution in [0.5, 0.6) is 0 Å². The number of amides is 1. The van der Waals surface area contributed by atoms with Gasteiger partial charge in [-0.1, -0.05) is 32.9 Å². The summed E-state index contributed by atoms with van der Waals surface area (Å²) < 4.78 is 4.55. The summed E-state index contributed by atoms with van der Waals surface area (Å²) in [5.41, 5.74) is 1.82. The smallest absolute Gasteiger partial charge is 0.293 e. The van der Waals surface area contributed by atoms with Gasteiger partial charge in [-0.2, -0.15) is 0 Å². The minimum atomic E-state index is -0.318. The Morgan fingerprint density at radius 1 is 1.11 bits per heavy atom. The van der Waals surface area contributed by atoms with Crippen LogP contribution in [0.2, 0.25) is 0 Å². The van der Waals surface area contributed by atoms with Gasteiger partial charge in [-0.25, -0.2) is 0 Å². The van der Waals surface area contributed by atoms with Crippen molar-refractivity contribution < 1.29 is 14.3 Å². The fourth-order valence-electron chi connectivity index (χ4n) is 2.69. The van der Waals surface area contributed by atoms with E-state index in [0.29, 0.717) is 12.4 Å². The van der Waals surface area contributed by atoms with Crippen LogP contribution in [0.4, 0.5) is 0 Å². The molecule has 1 aliphatic heterocycles. The maximum atomic E-state index is 12.1. The van der Waals surface area contributed by atoms with Crippen molar-refractivity contribution in [2.75, 3.05) is 19.6 Å². The van der Waals surface area contributed by atoms with Gasteiger partial charge in [0.2, 0.25) is 0 Å². The Labute approximate surface area is 164 Å². The number of rotatable bonds is 4. The highest BCUT2D eigenvalue weighted by atomic mass is 16.5. The first-order valence-corrected chi connectivity index (χ1v) is 9.74. The summed E-state index contributed by atoms with van der Waals surface area (Å²) in [6, 6.07) is 7.97. The average Bonchev–Trinajstić information content (AvgIpc) is 2.59. The maximum Gasteiger partial charge on any atom is 0.293 e. The van der Waals surface area contributed by atoms with Crippen LogP contribution < -0.4 is 10.6 Å². The zero-order valence-corrected chi connectivity index (χ0v) is 17.7. The van der Waals surface area contributed by atoms with E-state index in [1.165, 1.54) is 5.56 Å². The van der Waals surface area contributed by atoms with Crippen molar-refractivity contribution in [2.45, 2.75) is 65.4 Å². The van der Waals surface area contributed by atoms with E-state index in [1.54, 1.807) is 0 Å². The van der Waals surface area contributed by atoms with Crippen LogP contribution in [0, 0.1) is 5.92 Å². The Kier molecular flexibility index (Phi) is 8.97. The minimum Gasteiger partial charge on any atom is -0.462 e. The first-order valence-electron chi connectivity index (χ1n) is 9.74. The van der Waals surface area contributed by atoms with Crippen LogP contribution in [0.25, 0.3) is 0 Å². The average molecular weight is 377 g/mol. The molecule has 0 aliphatic carbocycles. The van der Waals surface area contributed by atoms with Crippen molar-refractivity contribution in [1.82, 2.24) is 10.6 Å². The van der Waals surface area contributed by atoms with E-state index in [4.69, 9.17) is 0 Å². The molecule has 0 bridgehead atoms. The molecule has 1 aliphatic rings. The van der Waals surface area contributed by atoms with Gasteiger partial charge in [0, 0.05) is 12.1 Å². The monoisotopic (exact) mass is 376 g/mol. The van der Waals surface area contributed by atoms with Gasteiger partial charge < -0.3 is 15.4 Å². The molecule has 152 valence electrons. The lowest BCUT2D eigenvalue weighted by atomic mass is 9.86. The van der Waals surface area contributed by atoms with Crippen molar-refractivity contribution in [3.63, 3.8) is 0 Å². The quantitative estimate of drug-likeness (QED) is 0.787. The second-order valence-electron chi connectivity index (χ2n) is 9.06. The van der Waals surface area contributed by atoms with E-state index < -0.39 is 0 Å². The van der Waals surface area contributed by atoms with Crippen molar-refractivity contribution in [1.29, 1.82) is 0 Å². The van der Waals surface area contributed by atoms with E-state index >= 15 is 0 Å². The molecule has 0 spiro atoms. The molecule has 2 N–H and O–H groups in total. The van der Waals surface area contributed by atoms with Crippen LogP contribution in [-0.4, -0.2) is 37.6 Å². The number of benzene rings is 1. The summed E-state index contributed by atoms with van der Waals surface area (Å²) >= 11 is 0. The standard InChI is InChI=1S/C17H26N2O.C5H10O2/c1-17(2,3)15-6-4-14(5-7-15)16(20)19-12-13-8-10-18-11-9-13;1-5(2,3)7-4-6/h4-7,13,18H,8-12H2,1-3H3,(H,19,20);4H,1-3H3. The van der Waals surface area contributed by atoms with E-state index in [2.05, 4.69) is 48.3 Å². The molecule has 0 aromatic heterocycles. The normalized spacial score (nSPS) is 15.3. The van der Waals surface area contributed by atoms with Crippen molar-refractivity contribution in [2.24, 2.45) is 5.92 Å². The molecule has 1 fully saturated rings. The highest BCUT2D eigenvalue weighted by molar-refractivity contribution is 5.94. The molecular formula is C22H36N2O3. The first kappa shape index (κ1) is 23.2. The second-order valence-corrected chi connectivity index (χ2v) is 9.06. The zero-order valence-electron chi connectivity index (χ0n) is 17.7. The molecule has 1 aromatic carbocycles. The summed E-state index contributed by atoms with van der Waals surface area (Å²) in [6.07, 6.45) is 2.31. The second kappa shape index (κ2) is 10.5. The molecule has 1 amide bonds.